The van der Waals surface area contributed by atoms with Gasteiger partial charge in [-0.05, 0) is 30.8 Å². The lowest BCUT2D eigenvalue weighted by Gasteiger charge is -2.26. The molecule has 0 aliphatic carbocycles. The number of fused-ring (bicyclic) bond motifs is 1. The van der Waals surface area contributed by atoms with Gasteiger partial charge in [-0.25, -0.2) is 4.98 Å². The Morgan fingerprint density at radius 2 is 1.58 bits per heavy atom. The van der Waals surface area contributed by atoms with Gasteiger partial charge in [0.25, 0.3) is 0 Å². The van der Waals surface area contributed by atoms with Crippen molar-refractivity contribution in [1.29, 1.82) is 0 Å². The molecule has 1 aromatic heterocycles. The molecular formula is C21H24N2O. The minimum Gasteiger partial charge on any atom is -0.468 e. The summed E-state index contributed by atoms with van der Waals surface area (Å²) in [6.45, 7) is 7.23. The van der Waals surface area contributed by atoms with Gasteiger partial charge in [-0.3, -0.25) is 4.90 Å². The third kappa shape index (κ3) is 3.92. The van der Waals surface area contributed by atoms with Gasteiger partial charge in [-0.15, -0.1) is 0 Å². The second-order valence-corrected chi connectivity index (χ2v) is 5.85. The van der Waals surface area contributed by atoms with Crippen LogP contribution in [-0.2, 0) is 0 Å². The molecule has 0 fully saturated rings. The van der Waals surface area contributed by atoms with Gasteiger partial charge in [0.05, 0.1) is 5.52 Å². The number of para-hydroxylation sites is 1. The van der Waals surface area contributed by atoms with Crippen molar-refractivity contribution >= 4 is 10.9 Å². The summed E-state index contributed by atoms with van der Waals surface area (Å²) in [6.07, 6.45) is -0.0280. The van der Waals surface area contributed by atoms with Crippen LogP contribution in [0.4, 0.5) is 0 Å². The van der Waals surface area contributed by atoms with Gasteiger partial charge in [0.15, 0.2) is 0 Å². The second-order valence-electron chi connectivity index (χ2n) is 5.85. The third-order valence-corrected chi connectivity index (χ3v) is 4.33. The van der Waals surface area contributed by atoms with Crippen LogP contribution in [0.3, 0.4) is 0 Å². The predicted octanol–water partition coefficient (Wildman–Crippen LogP) is 4.70. The fraction of sp³-hybridized carbons (Fsp3) is 0.286. The maximum absolute atomic E-state index is 6.29. The molecule has 1 unspecified atom stereocenters. The minimum atomic E-state index is -0.0280. The lowest BCUT2D eigenvalue weighted by Crippen LogP contribution is -2.30. The first-order valence-electron chi connectivity index (χ1n) is 8.60. The van der Waals surface area contributed by atoms with Gasteiger partial charge >= 0.3 is 0 Å². The van der Waals surface area contributed by atoms with Crippen molar-refractivity contribution in [2.24, 2.45) is 0 Å². The number of nitrogens with zero attached hydrogens (tertiary/aromatic N) is 2. The number of ether oxygens (including phenoxy) is 1. The maximum atomic E-state index is 6.29. The quantitative estimate of drug-likeness (QED) is 0.631. The van der Waals surface area contributed by atoms with Crippen molar-refractivity contribution < 1.29 is 4.74 Å². The first-order valence-corrected chi connectivity index (χ1v) is 8.60. The average Bonchev–Trinajstić information content (AvgIpc) is 2.65. The van der Waals surface area contributed by atoms with E-state index in [1.165, 1.54) is 5.56 Å². The molecule has 2 aromatic carbocycles. The van der Waals surface area contributed by atoms with Crippen molar-refractivity contribution in [2.45, 2.75) is 20.0 Å². The molecule has 0 amide bonds. The Hall–Kier alpha value is -2.39. The molecule has 0 radical (unpaired) electrons. The number of rotatable bonds is 7. The molecule has 24 heavy (non-hydrogen) atoms. The van der Waals surface area contributed by atoms with Crippen LogP contribution < -0.4 is 4.74 Å². The maximum Gasteiger partial charge on any atom is 0.214 e. The number of aromatic nitrogens is 1. The zero-order valence-electron chi connectivity index (χ0n) is 14.4. The SMILES string of the molecule is CCN(CC)CC(Oc1ccc2ccccc2n1)c1ccccc1. The summed E-state index contributed by atoms with van der Waals surface area (Å²) >= 11 is 0. The van der Waals surface area contributed by atoms with Crippen LogP contribution in [0.2, 0.25) is 0 Å². The monoisotopic (exact) mass is 320 g/mol. The van der Waals surface area contributed by atoms with E-state index >= 15 is 0 Å². The molecule has 124 valence electrons. The van der Waals surface area contributed by atoms with Crippen LogP contribution in [0.15, 0.2) is 66.7 Å². The summed E-state index contributed by atoms with van der Waals surface area (Å²) in [5, 5.41) is 1.13. The fourth-order valence-corrected chi connectivity index (χ4v) is 2.85. The highest BCUT2D eigenvalue weighted by molar-refractivity contribution is 5.78. The Balaban J connectivity index is 1.86. The fourth-order valence-electron chi connectivity index (χ4n) is 2.85. The minimum absolute atomic E-state index is 0.0280. The molecule has 0 saturated heterocycles. The van der Waals surface area contributed by atoms with E-state index in [-0.39, 0.29) is 6.10 Å². The normalized spacial score (nSPS) is 12.5. The molecule has 0 aliphatic rings. The first kappa shape index (κ1) is 16.5. The summed E-state index contributed by atoms with van der Waals surface area (Å²) in [5.41, 5.74) is 2.14. The van der Waals surface area contributed by atoms with Crippen molar-refractivity contribution in [1.82, 2.24) is 9.88 Å². The highest BCUT2D eigenvalue weighted by Gasteiger charge is 2.17. The smallest absolute Gasteiger partial charge is 0.214 e. The Bertz CT molecular complexity index is 769. The molecule has 0 spiro atoms. The zero-order valence-corrected chi connectivity index (χ0v) is 14.4. The highest BCUT2D eigenvalue weighted by atomic mass is 16.5. The van der Waals surface area contributed by atoms with Crippen LogP contribution in [-0.4, -0.2) is 29.5 Å². The second kappa shape index (κ2) is 7.93. The molecule has 0 saturated carbocycles. The number of hydrogen-bond donors (Lipinski definition) is 0. The van der Waals surface area contributed by atoms with Gasteiger partial charge < -0.3 is 4.74 Å². The summed E-state index contributed by atoms with van der Waals surface area (Å²) in [4.78, 5) is 7.03. The topological polar surface area (TPSA) is 25.4 Å². The van der Waals surface area contributed by atoms with Gasteiger partial charge in [-0.1, -0.05) is 62.4 Å². The number of pyridine rings is 1. The third-order valence-electron chi connectivity index (χ3n) is 4.33. The van der Waals surface area contributed by atoms with Crippen molar-refractivity contribution in [3.8, 4) is 5.88 Å². The van der Waals surface area contributed by atoms with E-state index in [2.05, 4.69) is 60.1 Å². The van der Waals surface area contributed by atoms with E-state index in [9.17, 15) is 0 Å². The molecule has 0 aliphatic heterocycles. The molecule has 1 heterocycles. The number of likely N-dealkylation sites (N-methyl/N-ethyl adjacent to an activating group) is 1. The molecule has 0 N–H and O–H groups in total. The van der Waals surface area contributed by atoms with Crippen molar-refractivity contribution in [2.75, 3.05) is 19.6 Å². The molecule has 3 heteroatoms. The van der Waals surface area contributed by atoms with E-state index in [1.54, 1.807) is 0 Å². The number of benzene rings is 2. The average molecular weight is 320 g/mol. The van der Waals surface area contributed by atoms with E-state index in [1.807, 2.05) is 30.3 Å². The lowest BCUT2D eigenvalue weighted by atomic mass is 10.1. The molecule has 0 bridgehead atoms. The van der Waals surface area contributed by atoms with Gasteiger partial charge in [0.2, 0.25) is 5.88 Å². The van der Waals surface area contributed by atoms with Gasteiger partial charge in [-0.2, -0.15) is 0 Å². The van der Waals surface area contributed by atoms with E-state index in [0.717, 1.165) is 30.5 Å². The molecule has 1 atom stereocenters. The van der Waals surface area contributed by atoms with E-state index < -0.39 is 0 Å². The highest BCUT2D eigenvalue weighted by Crippen LogP contribution is 2.23. The van der Waals surface area contributed by atoms with Crippen LogP contribution in [0.5, 0.6) is 5.88 Å². The van der Waals surface area contributed by atoms with Crippen LogP contribution >= 0.6 is 0 Å². The van der Waals surface area contributed by atoms with Gasteiger partial charge in [0.1, 0.15) is 6.10 Å². The van der Waals surface area contributed by atoms with Gasteiger partial charge in [0, 0.05) is 18.0 Å². The van der Waals surface area contributed by atoms with E-state index in [0.29, 0.717) is 5.88 Å². The number of hydrogen-bond acceptors (Lipinski definition) is 3. The largest absolute Gasteiger partial charge is 0.468 e. The molecule has 3 rings (SSSR count). The lowest BCUT2D eigenvalue weighted by molar-refractivity contribution is 0.135. The summed E-state index contributed by atoms with van der Waals surface area (Å²) in [5.74, 6) is 0.676. The van der Waals surface area contributed by atoms with Crippen LogP contribution in [0.25, 0.3) is 10.9 Å². The zero-order chi connectivity index (χ0) is 16.8. The summed E-state index contributed by atoms with van der Waals surface area (Å²) < 4.78 is 6.29. The molecular weight excluding hydrogens is 296 g/mol. The first-order chi connectivity index (χ1) is 11.8. The standard InChI is InChI=1S/C21H24N2O/c1-3-23(4-2)16-20(18-11-6-5-7-12-18)24-21-15-14-17-10-8-9-13-19(17)22-21/h5-15,20H,3-4,16H2,1-2H3. The summed E-state index contributed by atoms with van der Waals surface area (Å²) in [6, 6.07) is 22.5. The summed E-state index contributed by atoms with van der Waals surface area (Å²) in [7, 11) is 0. The molecule has 3 nitrogen and oxygen atoms in total. The molecule has 3 aromatic rings. The Kier molecular flexibility index (Phi) is 5.44. The Morgan fingerprint density at radius 1 is 0.875 bits per heavy atom. The van der Waals surface area contributed by atoms with Crippen LogP contribution in [0, 0.1) is 0 Å². The Labute approximate surface area is 143 Å². The predicted molar refractivity (Wildman–Crippen MR) is 99.3 cm³/mol. The van der Waals surface area contributed by atoms with Crippen molar-refractivity contribution in [3.05, 3.63) is 72.3 Å². The van der Waals surface area contributed by atoms with Crippen molar-refractivity contribution in [3.63, 3.8) is 0 Å². The van der Waals surface area contributed by atoms with E-state index in [4.69, 9.17) is 4.74 Å². The Morgan fingerprint density at radius 3 is 2.33 bits per heavy atom. The van der Waals surface area contributed by atoms with Crippen LogP contribution in [0.1, 0.15) is 25.5 Å².